The van der Waals surface area contributed by atoms with Crippen LogP contribution >= 0.6 is 0 Å². The normalized spacial score (nSPS) is 21.3. The SMILES string of the molecule is CCc1ccc(CN2N=NC3C(=O)N(c4ccc(CC)cc4)C(=O)C32)cc1. The fourth-order valence-corrected chi connectivity index (χ4v) is 3.56. The van der Waals surface area contributed by atoms with Crippen molar-refractivity contribution in [3.05, 3.63) is 65.2 Å². The van der Waals surface area contributed by atoms with E-state index in [1.807, 2.05) is 36.4 Å². The molecule has 2 amide bonds. The van der Waals surface area contributed by atoms with Gasteiger partial charge in [0.2, 0.25) is 0 Å². The summed E-state index contributed by atoms with van der Waals surface area (Å²) in [5.74, 6) is -0.564. The molecule has 0 spiro atoms. The zero-order chi connectivity index (χ0) is 19.0. The molecular weight excluding hydrogens is 340 g/mol. The van der Waals surface area contributed by atoms with Gasteiger partial charge in [0.1, 0.15) is 0 Å². The number of nitrogens with zero attached hydrogens (tertiary/aromatic N) is 4. The van der Waals surface area contributed by atoms with Gasteiger partial charge in [0.05, 0.1) is 12.2 Å². The lowest BCUT2D eigenvalue weighted by molar-refractivity contribution is -0.123. The Labute approximate surface area is 158 Å². The summed E-state index contributed by atoms with van der Waals surface area (Å²) in [6.07, 6.45) is 1.89. The highest BCUT2D eigenvalue weighted by Gasteiger charge is 2.54. The molecule has 0 aliphatic carbocycles. The maximum absolute atomic E-state index is 13.0. The molecule has 2 unspecified atom stereocenters. The van der Waals surface area contributed by atoms with Gasteiger partial charge in [0.25, 0.3) is 11.8 Å². The highest BCUT2D eigenvalue weighted by molar-refractivity contribution is 6.25. The van der Waals surface area contributed by atoms with Crippen molar-refractivity contribution in [2.75, 3.05) is 4.90 Å². The summed E-state index contributed by atoms with van der Waals surface area (Å²) in [4.78, 5) is 27.0. The Bertz CT molecular complexity index is 889. The van der Waals surface area contributed by atoms with Crippen molar-refractivity contribution < 1.29 is 9.59 Å². The monoisotopic (exact) mass is 362 g/mol. The Morgan fingerprint density at radius 1 is 0.815 bits per heavy atom. The Kier molecular flexibility index (Phi) is 4.48. The molecule has 1 saturated heterocycles. The van der Waals surface area contributed by atoms with E-state index in [0.717, 1.165) is 24.0 Å². The standard InChI is InChI=1S/C21H22N4O2/c1-3-14-5-7-16(8-6-14)13-24-19-18(22-23-24)20(26)25(21(19)27)17-11-9-15(4-2)10-12-17/h5-12,18-19H,3-4,13H2,1-2H3. The molecule has 6 heteroatoms. The van der Waals surface area contributed by atoms with Gasteiger partial charge < -0.3 is 0 Å². The number of aryl methyl sites for hydroxylation is 2. The van der Waals surface area contributed by atoms with Crippen LogP contribution in [0.5, 0.6) is 0 Å². The molecule has 0 radical (unpaired) electrons. The molecule has 2 aromatic carbocycles. The zero-order valence-corrected chi connectivity index (χ0v) is 15.5. The molecule has 0 saturated carbocycles. The fourth-order valence-electron chi connectivity index (χ4n) is 3.56. The highest BCUT2D eigenvalue weighted by atomic mass is 16.2. The molecular formula is C21H22N4O2. The number of carbonyl (C=O) groups excluding carboxylic acids is 2. The second-order valence-electron chi connectivity index (χ2n) is 6.89. The third kappa shape index (κ3) is 3.01. The first kappa shape index (κ1) is 17.4. The molecule has 2 aliphatic heterocycles. The molecule has 4 rings (SSSR count). The van der Waals surface area contributed by atoms with Crippen molar-refractivity contribution in [1.29, 1.82) is 0 Å². The minimum Gasteiger partial charge on any atom is -0.271 e. The van der Waals surface area contributed by atoms with E-state index in [1.165, 1.54) is 10.5 Å². The average molecular weight is 362 g/mol. The summed E-state index contributed by atoms with van der Waals surface area (Å²) in [5.41, 5.74) is 4.06. The zero-order valence-electron chi connectivity index (χ0n) is 15.5. The molecule has 0 bridgehead atoms. The van der Waals surface area contributed by atoms with Gasteiger partial charge in [-0.3, -0.25) is 14.6 Å². The first-order valence-electron chi connectivity index (χ1n) is 9.34. The summed E-state index contributed by atoms with van der Waals surface area (Å²) in [5, 5.41) is 9.82. The van der Waals surface area contributed by atoms with Gasteiger partial charge in [0.15, 0.2) is 12.1 Å². The van der Waals surface area contributed by atoms with Crippen LogP contribution < -0.4 is 4.90 Å². The van der Waals surface area contributed by atoms with E-state index in [2.05, 4.69) is 36.3 Å². The molecule has 2 aliphatic rings. The summed E-state index contributed by atoms with van der Waals surface area (Å²) in [6, 6.07) is 14.3. The summed E-state index contributed by atoms with van der Waals surface area (Å²) >= 11 is 0. The number of rotatable bonds is 5. The number of benzene rings is 2. The predicted molar refractivity (Wildman–Crippen MR) is 102 cm³/mol. The molecule has 2 atom stereocenters. The van der Waals surface area contributed by atoms with Gasteiger partial charge in [-0.1, -0.05) is 55.5 Å². The molecule has 0 aromatic heterocycles. The van der Waals surface area contributed by atoms with Crippen LogP contribution in [-0.2, 0) is 29.0 Å². The quantitative estimate of drug-likeness (QED) is 0.767. The van der Waals surface area contributed by atoms with E-state index < -0.39 is 12.1 Å². The second kappa shape index (κ2) is 6.95. The van der Waals surface area contributed by atoms with Gasteiger partial charge in [0, 0.05) is 0 Å². The second-order valence-corrected chi connectivity index (χ2v) is 6.89. The van der Waals surface area contributed by atoms with Crippen LogP contribution in [0.25, 0.3) is 0 Å². The molecule has 2 aromatic rings. The van der Waals surface area contributed by atoms with Gasteiger partial charge in [-0.05, 0) is 41.7 Å². The number of hydrogen-bond acceptors (Lipinski definition) is 5. The lowest BCUT2D eigenvalue weighted by atomic mass is 10.1. The van der Waals surface area contributed by atoms with Crippen LogP contribution in [0.4, 0.5) is 5.69 Å². The number of anilines is 1. The van der Waals surface area contributed by atoms with E-state index in [-0.39, 0.29) is 11.8 Å². The number of fused-ring (bicyclic) bond motifs is 1. The molecule has 0 N–H and O–H groups in total. The lowest BCUT2D eigenvalue weighted by Gasteiger charge is -2.21. The average Bonchev–Trinajstić information content (AvgIpc) is 3.22. The predicted octanol–water partition coefficient (Wildman–Crippen LogP) is 3.30. The van der Waals surface area contributed by atoms with E-state index in [1.54, 1.807) is 5.01 Å². The van der Waals surface area contributed by atoms with Crippen LogP contribution in [0, 0.1) is 0 Å². The van der Waals surface area contributed by atoms with Gasteiger partial charge in [-0.25, -0.2) is 4.90 Å². The maximum Gasteiger partial charge on any atom is 0.263 e. The first-order chi connectivity index (χ1) is 13.1. The van der Waals surface area contributed by atoms with Gasteiger partial charge >= 0.3 is 0 Å². The minimum atomic E-state index is -0.752. The Hall–Kier alpha value is -3.02. The third-order valence-electron chi connectivity index (χ3n) is 5.24. The van der Waals surface area contributed by atoms with Gasteiger partial charge in [-0.2, -0.15) is 5.11 Å². The van der Waals surface area contributed by atoms with Crippen LogP contribution in [0.2, 0.25) is 0 Å². The Morgan fingerprint density at radius 3 is 1.96 bits per heavy atom. The topological polar surface area (TPSA) is 65.3 Å². The minimum absolute atomic E-state index is 0.260. The van der Waals surface area contributed by atoms with Crippen molar-refractivity contribution in [3.8, 4) is 0 Å². The molecule has 138 valence electrons. The van der Waals surface area contributed by atoms with E-state index in [0.29, 0.717) is 12.2 Å². The van der Waals surface area contributed by atoms with Crippen LogP contribution in [0.3, 0.4) is 0 Å². The van der Waals surface area contributed by atoms with Crippen molar-refractivity contribution in [2.24, 2.45) is 10.3 Å². The van der Waals surface area contributed by atoms with E-state index >= 15 is 0 Å². The van der Waals surface area contributed by atoms with E-state index in [9.17, 15) is 9.59 Å². The van der Waals surface area contributed by atoms with Crippen molar-refractivity contribution in [2.45, 2.75) is 45.3 Å². The molecule has 1 fully saturated rings. The number of carbonyl (C=O) groups is 2. The van der Waals surface area contributed by atoms with Crippen molar-refractivity contribution in [1.82, 2.24) is 5.01 Å². The Balaban J connectivity index is 1.55. The summed E-state index contributed by atoms with van der Waals surface area (Å²) in [6.45, 7) is 4.63. The highest BCUT2D eigenvalue weighted by Crippen LogP contribution is 2.32. The van der Waals surface area contributed by atoms with Crippen LogP contribution in [-0.4, -0.2) is 28.9 Å². The first-order valence-corrected chi connectivity index (χ1v) is 9.34. The summed E-state index contributed by atoms with van der Waals surface area (Å²) in [7, 11) is 0. The molecule has 6 nitrogen and oxygen atoms in total. The number of hydrogen-bond donors (Lipinski definition) is 0. The van der Waals surface area contributed by atoms with Crippen molar-refractivity contribution in [3.63, 3.8) is 0 Å². The van der Waals surface area contributed by atoms with E-state index in [4.69, 9.17) is 0 Å². The van der Waals surface area contributed by atoms with Gasteiger partial charge in [-0.15, -0.1) is 0 Å². The van der Waals surface area contributed by atoms with Crippen LogP contribution in [0.1, 0.15) is 30.5 Å². The molecule has 27 heavy (non-hydrogen) atoms. The van der Waals surface area contributed by atoms with Crippen LogP contribution in [0.15, 0.2) is 58.9 Å². The summed E-state index contributed by atoms with van der Waals surface area (Å²) < 4.78 is 0. The largest absolute Gasteiger partial charge is 0.271 e. The van der Waals surface area contributed by atoms with Crippen molar-refractivity contribution >= 4 is 17.5 Å². The number of amides is 2. The fraction of sp³-hybridized carbons (Fsp3) is 0.333. The maximum atomic E-state index is 13.0. The molecule has 2 heterocycles. The Morgan fingerprint density at radius 2 is 1.37 bits per heavy atom. The smallest absolute Gasteiger partial charge is 0.263 e. The number of imide groups is 1. The third-order valence-corrected chi connectivity index (χ3v) is 5.24. The lowest BCUT2D eigenvalue weighted by Crippen LogP contribution is -2.39.